The molecule has 2 aromatic rings. The van der Waals surface area contributed by atoms with Crippen LogP contribution < -0.4 is 5.32 Å². The lowest BCUT2D eigenvalue weighted by Gasteiger charge is -2.09. The molecule has 2 heterocycles. The number of carbonyl (C=O) groups excluding carboxylic acids is 1. The topological polar surface area (TPSA) is 84.2 Å². The number of aromatic carboxylic acids is 1. The summed E-state index contributed by atoms with van der Waals surface area (Å²) in [5.41, 5.74) is 1.60. The molecule has 2 aromatic heterocycles. The second kappa shape index (κ2) is 5.34. The molecule has 6 nitrogen and oxygen atoms in total. The molecule has 6 heteroatoms. The third-order valence-corrected chi connectivity index (χ3v) is 2.68. The van der Waals surface area contributed by atoms with E-state index >= 15 is 0 Å². The summed E-state index contributed by atoms with van der Waals surface area (Å²) in [7, 11) is 0. The molecule has 0 aromatic carbocycles. The van der Waals surface area contributed by atoms with E-state index in [4.69, 9.17) is 5.11 Å². The van der Waals surface area contributed by atoms with Gasteiger partial charge in [0, 0.05) is 12.4 Å². The summed E-state index contributed by atoms with van der Waals surface area (Å²) < 4.78 is 1.38. The standard InChI is InChI=1S/C13H13N3O3/c1-9-4-5-14-7-10(9)15-12(17)8-16-6-2-3-11(16)13(18)19/h2-7H,8H2,1H3,(H,15,17)(H,18,19). The Labute approximate surface area is 109 Å². The van der Waals surface area contributed by atoms with Crippen molar-refractivity contribution in [2.24, 2.45) is 0 Å². The average molecular weight is 259 g/mol. The van der Waals surface area contributed by atoms with Crippen molar-refractivity contribution in [3.63, 3.8) is 0 Å². The first-order chi connectivity index (χ1) is 9.08. The van der Waals surface area contributed by atoms with Gasteiger partial charge in [-0.25, -0.2) is 4.79 Å². The molecule has 0 fully saturated rings. The smallest absolute Gasteiger partial charge is 0.352 e. The highest BCUT2D eigenvalue weighted by atomic mass is 16.4. The number of aromatic nitrogens is 2. The van der Waals surface area contributed by atoms with E-state index in [1.807, 2.05) is 6.92 Å². The first-order valence-corrected chi connectivity index (χ1v) is 5.67. The van der Waals surface area contributed by atoms with Crippen LogP contribution in [0.4, 0.5) is 5.69 Å². The Bertz CT molecular complexity index is 619. The van der Waals surface area contributed by atoms with Crippen molar-refractivity contribution in [1.82, 2.24) is 9.55 Å². The summed E-state index contributed by atoms with van der Waals surface area (Å²) in [6.45, 7) is 1.80. The van der Waals surface area contributed by atoms with Gasteiger partial charge in [0.2, 0.25) is 5.91 Å². The normalized spacial score (nSPS) is 10.2. The lowest BCUT2D eigenvalue weighted by molar-refractivity contribution is -0.116. The van der Waals surface area contributed by atoms with Crippen LogP contribution in [0.5, 0.6) is 0 Å². The van der Waals surface area contributed by atoms with Crippen LogP contribution in [0.3, 0.4) is 0 Å². The molecule has 0 aliphatic heterocycles. The number of carbonyl (C=O) groups is 2. The maximum Gasteiger partial charge on any atom is 0.352 e. The van der Waals surface area contributed by atoms with Crippen molar-refractivity contribution < 1.29 is 14.7 Å². The molecular weight excluding hydrogens is 246 g/mol. The van der Waals surface area contributed by atoms with Crippen molar-refractivity contribution in [2.45, 2.75) is 13.5 Å². The summed E-state index contributed by atoms with van der Waals surface area (Å²) in [5.74, 6) is -1.36. The maximum absolute atomic E-state index is 11.9. The van der Waals surface area contributed by atoms with Crippen LogP contribution in [0.25, 0.3) is 0 Å². The van der Waals surface area contributed by atoms with E-state index in [0.717, 1.165) is 5.56 Å². The molecule has 2 N–H and O–H groups in total. The van der Waals surface area contributed by atoms with Gasteiger partial charge in [-0.15, -0.1) is 0 Å². The molecule has 0 atom stereocenters. The molecular formula is C13H13N3O3. The number of amides is 1. The summed E-state index contributed by atoms with van der Waals surface area (Å²) in [6, 6.07) is 4.82. The second-order valence-corrected chi connectivity index (χ2v) is 4.07. The van der Waals surface area contributed by atoms with Crippen LogP contribution >= 0.6 is 0 Å². The van der Waals surface area contributed by atoms with Gasteiger partial charge in [0.15, 0.2) is 0 Å². The monoisotopic (exact) mass is 259 g/mol. The van der Waals surface area contributed by atoms with Gasteiger partial charge in [-0.1, -0.05) is 0 Å². The fraction of sp³-hybridized carbons (Fsp3) is 0.154. The van der Waals surface area contributed by atoms with Gasteiger partial charge in [-0.3, -0.25) is 9.78 Å². The first kappa shape index (κ1) is 12.8. The van der Waals surface area contributed by atoms with Gasteiger partial charge >= 0.3 is 5.97 Å². The predicted molar refractivity (Wildman–Crippen MR) is 69.0 cm³/mol. The van der Waals surface area contributed by atoms with E-state index in [9.17, 15) is 9.59 Å². The number of hydrogen-bond acceptors (Lipinski definition) is 3. The van der Waals surface area contributed by atoms with Crippen LogP contribution in [-0.4, -0.2) is 26.5 Å². The van der Waals surface area contributed by atoms with Crippen LogP contribution in [0, 0.1) is 6.92 Å². The minimum atomic E-state index is -1.06. The van der Waals surface area contributed by atoms with E-state index in [0.29, 0.717) is 5.69 Å². The number of pyridine rings is 1. The van der Waals surface area contributed by atoms with E-state index in [2.05, 4.69) is 10.3 Å². The first-order valence-electron chi connectivity index (χ1n) is 5.67. The average Bonchev–Trinajstić information content (AvgIpc) is 2.80. The molecule has 0 bridgehead atoms. The molecule has 0 unspecified atom stereocenters. The highest BCUT2D eigenvalue weighted by Crippen LogP contribution is 2.11. The van der Waals surface area contributed by atoms with E-state index in [1.165, 1.54) is 10.6 Å². The molecule has 0 spiro atoms. The van der Waals surface area contributed by atoms with Gasteiger partial charge in [0.1, 0.15) is 12.2 Å². The van der Waals surface area contributed by atoms with Crippen LogP contribution in [-0.2, 0) is 11.3 Å². The third-order valence-electron chi connectivity index (χ3n) is 2.68. The summed E-state index contributed by atoms with van der Waals surface area (Å²) in [5, 5.41) is 11.6. The van der Waals surface area contributed by atoms with Gasteiger partial charge in [0.25, 0.3) is 0 Å². The van der Waals surface area contributed by atoms with Crippen molar-refractivity contribution in [3.8, 4) is 0 Å². The Hall–Kier alpha value is -2.63. The zero-order chi connectivity index (χ0) is 13.8. The minimum absolute atomic E-state index is 0.0526. The third kappa shape index (κ3) is 2.98. The van der Waals surface area contributed by atoms with E-state index in [1.54, 1.807) is 30.7 Å². The van der Waals surface area contributed by atoms with Crippen molar-refractivity contribution in [1.29, 1.82) is 0 Å². The summed E-state index contributed by atoms with van der Waals surface area (Å²) >= 11 is 0. The molecule has 0 aliphatic rings. The molecule has 1 amide bonds. The number of nitrogens with zero attached hydrogens (tertiary/aromatic N) is 2. The molecule has 0 radical (unpaired) electrons. The highest BCUT2D eigenvalue weighted by molar-refractivity contribution is 5.92. The number of hydrogen-bond donors (Lipinski definition) is 2. The molecule has 98 valence electrons. The Morgan fingerprint density at radius 1 is 1.42 bits per heavy atom. The number of anilines is 1. The molecule has 0 saturated heterocycles. The SMILES string of the molecule is Cc1ccncc1NC(=O)Cn1cccc1C(=O)O. The summed E-state index contributed by atoms with van der Waals surface area (Å²) in [4.78, 5) is 26.7. The quantitative estimate of drug-likeness (QED) is 0.872. The minimum Gasteiger partial charge on any atom is -0.477 e. The van der Waals surface area contributed by atoms with Crippen molar-refractivity contribution >= 4 is 17.6 Å². The van der Waals surface area contributed by atoms with Gasteiger partial charge in [-0.05, 0) is 30.7 Å². The van der Waals surface area contributed by atoms with E-state index in [-0.39, 0.29) is 18.1 Å². The Morgan fingerprint density at radius 2 is 2.21 bits per heavy atom. The molecule has 0 saturated carbocycles. The molecule has 0 aliphatic carbocycles. The Kier molecular flexibility index (Phi) is 3.61. The Balaban J connectivity index is 2.08. The van der Waals surface area contributed by atoms with Crippen LogP contribution in [0.15, 0.2) is 36.8 Å². The van der Waals surface area contributed by atoms with Crippen LogP contribution in [0.2, 0.25) is 0 Å². The van der Waals surface area contributed by atoms with Gasteiger partial charge < -0.3 is 15.0 Å². The second-order valence-electron chi connectivity index (χ2n) is 4.07. The fourth-order valence-corrected chi connectivity index (χ4v) is 1.69. The summed E-state index contributed by atoms with van der Waals surface area (Å²) in [6.07, 6.45) is 4.75. The highest BCUT2D eigenvalue weighted by Gasteiger charge is 2.12. The lowest BCUT2D eigenvalue weighted by atomic mass is 10.2. The van der Waals surface area contributed by atoms with E-state index < -0.39 is 5.97 Å². The molecule has 2 rings (SSSR count). The van der Waals surface area contributed by atoms with Crippen LogP contribution in [0.1, 0.15) is 16.1 Å². The zero-order valence-corrected chi connectivity index (χ0v) is 10.3. The maximum atomic E-state index is 11.9. The number of aryl methyl sites for hydroxylation is 1. The van der Waals surface area contributed by atoms with Gasteiger partial charge in [-0.2, -0.15) is 0 Å². The molecule has 19 heavy (non-hydrogen) atoms. The zero-order valence-electron chi connectivity index (χ0n) is 10.3. The van der Waals surface area contributed by atoms with Crippen molar-refractivity contribution in [2.75, 3.05) is 5.32 Å². The number of rotatable bonds is 4. The number of carboxylic acid groups (broad SMARTS) is 1. The number of carboxylic acids is 1. The Morgan fingerprint density at radius 3 is 2.89 bits per heavy atom. The van der Waals surface area contributed by atoms with Crippen molar-refractivity contribution in [3.05, 3.63) is 48.0 Å². The van der Waals surface area contributed by atoms with Gasteiger partial charge in [0.05, 0.1) is 11.9 Å². The number of nitrogens with one attached hydrogen (secondary N) is 1. The lowest BCUT2D eigenvalue weighted by Crippen LogP contribution is -2.21. The predicted octanol–water partition coefficient (Wildman–Crippen LogP) is 1.53. The largest absolute Gasteiger partial charge is 0.477 e. The fourth-order valence-electron chi connectivity index (χ4n) is 1.69.